The van der Waals surface area contributed by atoms with Crippen LogP contribution in [-0.4, -0.2) is 10.2 Å². The van der Waals surface area contributed by atoms with E-state index in [1.165, 1.54) is 5.57 Å². The van der Waals surface area contributed by atoms with Gasteiger partial charge in [-0.2, -0.15) is 5.26 Å². The number of hydrogen-bond donors (Lipinski definition) is 2. The third-order valence-electron chi connectivity index (χ3n) is 4.54. The Balaban J connectivity index is 2.49. The molecule has 1 aromatic carbocycles. The number of aromatic hydroxyl groups is 2. The van der Waals surface area contributed by atoms with Gasteiger partial charge in [-0.3, -0.25) is 0 Å². The highest BCUT2D eigenvalue weighted by Gasteiger charge is 2.30. The van der Waals surface area contributed by atoms with Gasteiger partial charge in [-0.15, -0.1) is 0 Å². The van der Waals surface area contributed by atoms with Crippen molar-refractivity contribution in [3.63, 3.8) is 0 Å². The first-order valence-corrected chi connectivity index (χ1v) is 7.74. The number of nitrogens with zero attached hydrogens (tertiary/aromatic N) is 1. The van der Waals surface area contributed by atoms with Crippen LogP contribution in [0.1, 0.15) is 50.2 Å². The lowest BCUT2D eigenvalue weighted by molar-refractivity contribution is 0.403. The summed E-state index contributed by atoms with van der Waals surface area (Å²) in [6.45, 7) is 8.33. The molecule has 1 aliphatic carbocycles. The summed E-state index contributed by atoms with van der Waals surface area (Å²) in [5.74, 6) is 0.301. The van der Waals surface area contributed by atoms with Gasteiger partial charge in [0.2, 0.25) is 0 Å². The van der Waals surface area contributed by atoms with E-state index in [9.17, 15) is 10.2 Å². The van der Waals surface area contributed by atoms with E-state index in [0.717, 1.165) is 24.8 Å². The molecule has 0 bridgehead atoms. The van der Waals surface area contributed by atoms with Gasteiger partial charge in [-0.25, -0.2) is 0 Å². The van der Waals surface area contributed by atoms with E-state index >= 15 is 0 Å². The third kappa shape index (κ3) is 3.17. The molecular formula is C19H23NO2. The van der Waals surface area contributed by atoms with Crippen LogP contribution in [0.2, 0.25) is 0 Å². The molecule has 0 fully saturated rings. The molecule has 0 saturated carbocycles. The van der Waals surface area contributed by atoms with Crippen molar-refractivity contribution in [1.82, 2.24) is 0 Å². The fourth-order valence-corrected chi connectivity index (χ4v) is 3.29. The maximum absolute atomic E-state index is 10.4. The molecule has 3 heteroatoms. The molecule has 0 spiro atoms. The van der Waals surface area contributed by atoms with Gasteiger partial charge >= 0.3 is 0 Å². The SMILES string of the molecule is C=C(CC)C1CCC(C)=CC1c1c(O)cc(CC#N)cc1O. The van der Waals surface area contributed by atoms with E-state index < -0.39 is 0 Å². The summed E-state index contributed by atoms with van der Waals surface area (Å²) in [4.78, 5) is 0. The van der Waals surface area contributed by atoms with Crippen molar-refractivity contribution < 1.29 is 10.2 Å². The summed E-state index contributed by atoms with van der Waals surface area (Å²) in [6, 6.07) is 5.20. The topological polar surface area (TPSA) is 64.2 Å². The largest absolute Gasteiger partial charge is 0.507 e. The van der Waals surface area contributed by atoms with Crippen LogP contribution in [0, 0.1) is 17.2 Å². The molecule has 0 aliphatic heterocycles. The Bertz CT molecular complexity index is 629. The number of nitriles is 1. The first-order valence-electron chi connectivity index (χ1n) is 7.74. The van der Waals surface area contributed by atoms with Crippen LogP contribution in [0.3, 0.4) is 0 Å². The Morgan fingerprint density at radius 2 is 2.00 bits per heavy atom. The molecule has 0 heterocycles. The van der Waals surface area contributed by atoms with Gasteiger partial charge in [0.15, 0.2) is 0 Å². The van der Waals surface area contributed by atoms with Crippen molar-refractivity contribution in [2.75, 3.05) is 0 Å². The quantitative estimate of drug-likeness (QED) is 0.800. The van der Waals surface area contributed by atoms with Crippen LogP contribution in [-0.2, 0) is 6.42 Å². The zero-order valence-corrected chi connectivity index (χ0v) is 13.3. The molecule has 0 radical (unpaired) electrons. The van der Waals surface area contributed by atoms with Crippen LogP contribution in [0.25, 0.3) is 0 Å². The minimum absolute atomic E-state index is 0.0580. The molecule has 2 N–H and O–H groups in total. The molecule has 116 valence electrons. The van der Waals surface area contributed by atoms with Crippen molar-refractivity contribution >= 4 is 0 Å². The van der Waals surface area contributed by atoms with Crippen LogP contribution in [0.15, 0.2) is 35.9 Å². The summed E-state index contributed by atoms with van der Waals surface area (Å²) in [5.41, 5.74) is 3.60. The molecule has 0 aromatic heterocycles. The second kappa shape index (κ2) is 6.70. The Labute approximate surface area is 132 Å². The predicted molar refractivity (Wildman–Crippen MR) is 87.7 cm³/mol. The molecule has 2 rings (SSSR count). The van der Waals surface area contributed by atoms with Gasteiger partial charge in [-0.05, 0) is 49.8 Å². The molecule has 22 heavy (non-hydrogen) atoms. The van der Waals surface area contributed by atoms with Crippen LogP contribution in [0.5, 0.6) is 11.5 Å². The van der Waals surface area contributed by atoms with E-state index in [2.05, 4.69) is 26.5 Å². The zero-order valence-electron chi connectivity index (χ0n) is 13.3. The average Bonchev–Trinajstić information content (AvgIpc) is 2.46. The van der Waals surface area contributed by atoms with Gasteiger partial charge in [0.05, 0.1) is 12.5 Å². The lowest BCUT2D eigenvalue weighted by atomic mass is 9.73. The monoisotopic (exact) mass is 297 g/mol. The highest BCUT2D eigenvalue weighted by Crippen LogP contribution is 2.46. The highest BCUT2D eigenvalue weighted by molar-refractivity contribution is 5.52. The maximum atomic E-state index is 10.4. The van der Waals surface area contributed by atoms with Gasteiger partial charge in [-0.1, -0.05) is 30.7 Å². The zero-order chi connectivity index (χ0) is 16.3. The normalized spacial score (nSPS) is 21.0. The number of allylic oxidation sites excluding steroid dienone is 3. The molecule has 2 unspecified atom stereocenters. The molecule has 3 nitrogen and oxygen atoms in total. The smallest absolute Gasteiger partial charge is 0.123 e. The van der Waals surface area contributed by atoms with Gasteiger partial charge < -0.3 is 10.2 Å². The summed E-state index contributed by atoms with van der Waals surface area (Å²) in [5, 5.41) is 29.5. The van der Waals surface area contributed by atoms with Gasteiger partial charge in [0, 0.05) is 11.5 Å². The standard InChI is InChI=1S/C19H23NO2/c1-4-13(3)15-6-5-12(2)9-16(15)19-17(21)10-14(7-8-20)11-18(19)22/h9-11,15-16,21-22H,3-7H2,1-2H3. The summed E-state index contributed by atoms with van der Waals surface area (Å²) in [6.07, 6.45) is 5.20. The van der Waals surface area contributed by atoms with E-state index in [-0.39, 0.29) is 29.8 Å². The van der Waals surface area contributed by atoms with Crippen LogP contribution in [0.4, 0.5) is 0 Å². The van der Waals surface area contributed by atoms with Crippen molar-refractivity contribution in [2.45, 2.75) is 45.4 Å². The van der Waals surface area contributed by atoms with Gasteiger partial charge in [0.25, 0.3) is 0 Å². The minimum Gasteiger partial charge on any atom is -0.507 e. The Morgan fingerprint density at radius 1 is 1.36 bits per heavy atom. The van der Waals surface area contributed by atoms with E-state index in [0.29, 0.717) is 11.1 Å². The minimum atomic E-state index is -0.0580. The number of rotatable bonds is 4. The molecule has 0 saturated heterocycles. The lowest BCUT2D eigenvalue weighted by Crippen LogP contribution is -2.18. The molecular weight excluding hydrogens is 274 g/mol. The average molecular weight is 297 g/mol. The van der Waals surface area contributed by atoms with Crippen molar-refractivity contribution in [2.24, 2.45) is 5.92 Å². The summed E-state index contributed by atoms with van der Waals surface area (Å²) in [7, 11) is 0. The van der Waals surface area contributed by atoms with Crippen molar-refractivity contribution in [3.8, 4) is 17.6 Å². The maximum Gasteiger partial charge on any atom is 0.123 e. The van der Waals surface area contributed by atoms with Crippen molar-refractivity contribution in [3.05, 3.63) is 47.1 Å². The number of benzene rings is 1. The Morgan fingerprint density at radius 3 is 2.55 bits per heavy atom. The first-order chi connectivity index (χ1) is 10.5. The van der Waals surface area contributed by atoms with Gasteiger partial charge in [0.1, 0.15) is 11.5 Å². The van der Waals surface area contributed by atoms with E-state index in [1.807, 2.05) is 6.07 Å². The fourth-order valence-electron chi connectivity index (χ4n) is 3.29. The second-order valence-corrected chi connectivity index (χ2v) is 6.08. The van der Waals surface area contributed by atoms with Crippen LogP contribution >= 0.6 is 0 Å². The second-order valence-electron chi connectivity index (χ2n) is 6.08. The first kappa shape index (κ1) is 16.2. The number of hydrogen-bond acceptors (Lipinski definition) is 3. The summed E-state index contributed by atoms with van der Waals surface area (Å²) < 4.78 is 0. The molecule has 1 aromatic rings. The van der Waals surface area contributed by atoms with Crippen LogP contribution < -0.4 is 0 Å². The highest BCUT2D eigenvalue weighted by atomic mass is 16.3. The lowest BCUT2D eigenvalue weighted by Gasteiger charge is -2.32. The predicted octanol–water partition coefficient (Wildman–Crippen LogP) is 4.57. The number of phenols is 2. The molecule has 1 aliphatic rings. The Hall–Kier alpha value is -2.21. The Kier molecular flexibility index (Phi) is 4.92. The third-order valence-corrected chi connectivity index (χ3v) is 4.54. The van der Waals surface area contributed by atoms with E-state index in [4.69, 9.17) is 5.26 Å². The van der Waals surface area contributed by atoms with E-state index in [1.54, 1.807) is 12.1 Å². The molecule has 2 atom stereocenters. The van der Waals surface area contributed by atoms with Crippen molar-refractivity contribution in [1.29, 1.82) is 5.26 Å². The number of phenolic OH excluding ortho intramolecular Hbond substituents is 2. The fraction of sp³-hybridized carbons (Fsp3) is 0.421. The molecule has 0 amide bonds. The summed E-state index contributed by atoms with van der Waals surface area (Å²) >= 11 is 0.